The highest BCUT2D eigenvalue weighted by Crippen LogP contribution is 2.15. The zero-order valence-electron chi connectivity index (χ0n) is 14.6. The molecule has 0 unspecified atom stereocenters. The number of benzene rings is 2. The standard InChI is InChI=1S/C22H29NO/c1-2-8-20(9-3-1)10-11-21-12-14-22(15-13-21)24-19-7-6-18-23-16-4-5-17-23/h1-3,8-9,12-15H,4-7,10-11,16-19H2. The van der Waals surface area contributed by atoms with Crippen LogP contribution in [0.2, 0.25) is 0 Å². The Bertz CT molecular complexity index is 573. The minimum absolute atomic E-state index is 0.831. The second kappa shape index (κ2) is 9.48. The lowest BCUT2D eigenvalue weighted by Crippen LogP contribution is -2.20. The molecule has 0 radical (unpaired) electrons. The smallest absolute Gasteiger partial charge is 0.119 e. The quantitative estimate of drug-likeness (QED) is 0.619. The van der Waals surface area contributed by atoms with Gasteiger partial charge in [-0.15, -0.1) is 0 Å². The zero-order valence-corrected chi connectivity index (χ0v) is 14.6. The van der Waals surface area contributed by atoms with Crippen LogP contribution in [0.4, 0.5) is 0 Å². The average molecular weight is 323 g/mol. The Morgan fingerprint density at radius 3 is 2.12 bits per heavy atom. The van der Waals surface area contributed by atoms with Crippen molar-refractivity contribution < 1.29 is 4.74 Å². The summed E-state index contributed by atoms with van der Waals surface area (Å²) in [7, 11) is 0. The Morgan fingerprint density at radius 1 is 0.750 bits per heavy atom. The highest BCUT2D eigenvalue weighted by atomic mass is 16.5. The Labute approximate surface area is 146 Å². The van der Waals surface area contributed by atoms with Crippen LogP contribution in [0.25, 0.3) is 0 Å². The van der Waals surface area contributed by atoms with Gasteiger partial charge >= 0.3 is 0 Å². The molecule has 2 aromatic carbocycles. The van der Waals surface area contributed by atoms with Gasteiger partial charge in [-0.2, -0.15) is 0 Å². The average Bonchev–Trinajstić information content (AvgIpc) is 3.15. The van der Waals surface area contributed by atoms with Gasteiger partial charge in [0.2, 0.25) is 0 Å². The van der Waals surface area contributed by atoms with Crippen molar-refractivity contribution in [2.75, 3.05) is 26.2 Å². The summed E-state index contributed by atoms with van der Waals surface area (Å²) in [6, 6.07) is 19.3. The molecule has 0 aromatic heterocycles. The van der Waals surface area contributed by atoms with E-state index < -0.39 is 0 Å². The van der Waals surface area contributed by atoms with Crippen LogP contribution >= 0.6 is 0 Å². The van der Waals surface area contributed by atoms with Crippen molar-refractivity contribution in [2.24, 2.45) is 0 Å². The fraction of sp³-hybridized carbons (Fsp3) is 0.455. The molecule has 1 saturated heterocycles. The maximum Gasteiger partial charge on any atom is 0.119 e. The summed E-state index contributed by atoms with van der Waals surface area (Å²) in [5.41, 5.74) is 2.77. The Morgan fingerprint density at radius 2 is 1.42 bits per heavy atom. The van der Waals surface area contributed by atoms with E-state index in [9.17, 15) is 0 Å². The lowest BCUT2D eigenvalue weighted by Gasteiger charge is -2.14. The molecule has 1 fully saturated rings. The third-order valence-corrected chi connectivity index (χ3v) is 4.80. The van der Waals surface area contributed by atoms with E-state index in [0.29, 0.717) is 0 Å². The Kier molecular flexibility index (Phi) is 6.73. The van der Waals surface area contributed by atoms with E-state index in [1.807, 2.05) is 0 Å². The molecule has 2 heteroatoms. The molecular formula is C22H29NO. The highest BCUT2D eigenvalue weighted by molar-refractivity contribution is 5.28. The van der Waals surface area contributed by atoms with Gasteiger partial charge in [0.15, 0.2) is 0 Å². The molecule has 128 valence electrons. The van der Waals surface area contributed by atoms with Crippen molar-refractivity contribution in [3.63, 3.8) is 0 Å². The number of rotatable bonds is 9. The molecule has 1 aliphatic rings. The summed E-state index contributed by atoms with van der Waals surface area (Å²) in [5.74, 6) is 1.000. The fourth-order valence-electron chi connectivity index (χ4n) is 3.32. The van der Waals surface area contributed by atoms with Crippen LogP contribution in [0.15, 0.2) is 54.6 Å². The van der Waals surface area contributed by atoms with Crippen LogP contribution in [0.1, 0.15) is 36.8 Å². The van der Waals surface area contributed by atoms with E-state index in [1.54, 1.807) is 0 Å². The van der Waals surface area contributed by atoms with E-state index >= 15 is 0 Å². The van der Waals surface area contributed by atoms with Gasteiger partial charge in [-0.25, -0.2) is 0 Å². The van der Waals surface area contributed by atoms with Crippen molar-refractivity contribution >= 4 is 0 Å². The molecule has 0 bridgehead atoms. The van der Waals surface area contributed by atoms with Gasteiger partial charge in [0.05, 0.1) is 6.61 Å². The van der Waals surface area contributed by atoms with Crippen molar-refractivity contribution in [2.45, 2.75) is 38.5 Å². The minimum Gasteiger partial charge on any atom is -0.494 e. The SMILES string of the molecule is c1ccc(CCc2ccc(OCCCCN3CCCC3)cc2)cc1. The molecule has 2 aromatic rings. The summed E-state index contributed by atoms with van der Waals surface area (Å²) < 4.78 is 5.87. The van der Waals surface area contributed by atoms with Crippen LogP contribution in [0.5, 0.6) is 5.75 Å². The van der Waals surface area contributed by atoms with Crippen LogP contribution in [-0.4, -0.2) is 31.1 Å². The van der Waals surface area contributed by atoms with E-state index in [4.69, 9.17) is 4.74 Å². The van der Waals surface area contributed by atoms with Crippen LogP contribution in [0, 0.1) is 0 Å². The van der Waals surface area contributed by atoms with Crippen LogP contribution in [-0.2, 0) is 12.8 Å². The number of unbranched alkanes of at least 4 members (excludes halogenated alkanes) is 1. The molecule has 0 atom stereocenters. The maximum absolute atomic E-state index is 5.87. The molecule has 0 aliphatic carbocycles. The monoisotopic (exact) mass is 323 g/mol. The molecule has 3 rings (SSSR count). The summed E-state index contributed by atoms with van der Waals surface area (Å²) >= 11 is 0. The normalized spacial score (nSPS) is 14.8. The molecule has 1 aliphatic heterocycles. The molecule has 1 heterocycles. The molecule has 0 saturated carbocycles. The first-order valence-corrected chi connectivity index (χ1v) is 9.38. The highest BCUT2D eigenvalue weighted by Gasteiger charge is 2.10. The third-order valence-electron chi connectivity index (χ3n) is 4.80. The number of hydrogen-bond donors (Lipinski definition) is 0. The number of ether oxygens (including phenoxy) is 1. The lowest BCUT2D eigenvalue weighted by atomic mass is 10.0. The van der Waals surface area contributed by atoms with Crippen molar-refractivity contribution in [3.05, 3.63) is 65.7 Å². The van der Waals surface area contributed by atoms with Crippen molar-refractivity contribution in [3.8, 4) is 5.75 Å². The van der Waals surface area contributed by atoms with Gasteiger partial charge in [0.25, 0.3) is 0 Å². The number of hydrogen-bond acceptors (Lipinski definition) is 2. The number of aryl methyl sites for hydroxylation is 2. The topological polar surface area (TPSA) is 12.5 Å². The van der Waals surface area contributed by atoms with E-state index in [0.717, 1.165) is 31.6 Å². The van der Waals surface area contributed by atoms with Crippen LogP contribution < -0.4 is 4.74 Å². The van der Waals surface area contributed by atoms with Gasteiger partial charge in [-0.1, -0.05) is 42.5 Å². The summed E-state index contributed by atoms with van der Waals surface area (Å²) in [6.07, 6.45) is 7.33. The number of nitrogens with zero attached hydrogens (tertiary/aromatic N) is 1. The number of likely N-dealkylation sites (tertiary alicyclic amines) is 1. The molecule has 0 spiro atoms. The summed E-state index contributed by atoms with van der Waals surface area (Å²) in [4.78, 5) is 2.57. The van der Waals surface area contributed by atoms with Gasteiger partial charge in [-0.3, -0.25) is 0 Å². The Balaban J connectivity index is 1.32. The minimum atomic E-state index is 0.831. The second-order valence-corrected chi connectivity index (χ2v) is 6.73. The first-order chi connectivity index (χ1) is 11.9. The van der Waals surface area contributed by atoms with E-state index in [-0.39, 0.29) is 0 Å². The first kappa shape index (κ1) is 17.0. The van der Waals surface area contributed by atoms with Gasteiger partial charge in [0, 0.05) is 0 Å². The van der Waals surface area contributed by atoms with E-state index in [2.05, 4.69) is 59.5 Å². The molecular weight excluding hydrogens is 294 g/mol. The summed E-state index contributed by atoms with van der Waals surface area (Å²) in [6.45, 7) is 4.66. The van der Waals surface area contributed by atoms with Crippen LogP contribution in [0.3, 0.4) is 0 Å². The molecule has 0 amide bonds. The molecule has 0 N–H and O–H groups in total. The first-order valence-electron chi connectivity index (χ1n) is 9.38. The molecule has 2 nitrogen and oxygen atoms in total. The molecule has 24 heavy (non-hydrogen) atoms. The predicted molar refractivity (Wildman–Crippen MR) is 101 cm³/mol. The third kappa shape index (κ3) is 5.68. The van der Waals surface area contributed by atoms with Gasteiger partial charge in [0.1, 0.15) is 5.75 Å². The maximum atomic E-state index is 5.87. The Hall–Kier alpha value is -1.80. The predicted octanol–water partition coefficient (Wildman–Crippen LogP) is 4.73. The van der Waals surface area contributed by atoms with Crippen molar-refractivity contribution in [1.82, 2.24) is 4.90 Å². The van der Waals surface area contributed by atoms with Gasteiger partial charge in [-0.05, 0) is 81.4 Å². The van der Waals surface area contributed by atoms with Crippen molar-refractivity contribution in [1.29, 1.82) is 0 Å². The van der Waals surface area contributed by atoms with Gasteiger partial charge < -0.3 is 9.64 Å². The lowest BCUT2D eigenvalue weighted by molar-refractivity contribution is 0.279. The fourth-order valence-corrected chi connectivity index (χ4v) is 3.32. The van der Waals surface area contributed by atoms with E-state index in [1.165, 1.54) is 50.0 Å². The largest absolute Gasteiger partial charge is 0.494 e. The summed E-state index contributed by atoms with van der Waals surface area (Å²) in [5, 5.41) is 0. The zero-order chi connectivity index (χ0) is 16.5. The second-order valence-electron chi connectivity index (χ2n) is 6.73.